The molecule has 0 saturated heterocycles. The van der Waals surface area contributed by atoms with Gasteiger partial charge < -0.3 is 0 Å². The summed E-state index contributed by atoms with van der Waals surface area (Å²) in [6.07, 6.45) is 2.69. The van der Waals surface area contributed by atoms with Crippen molar-refractivity contribution in [2.45, 2.75) is 83.1 Å². The van der Waals surface area contributed by atoms with E-state index in [4.69, 9.17) is 0 Å². The smallest absolute Gasteiger partial charge is 0.243 e. The standard InChI is InChI=1S/C51H51BO3/c1-28-34(7)49(35(8)29(2)46(28)43-19-13-40(25-53)14-20-43)52(50-36(9)30(3)47(31(4)37(50)10)44-21-15-41(26-54)16-22-44)51-38(11)32(5)48(33(6)39(51)12)45-23-17-42(27-55)18-24-45/h13-27H,1-12H3. The van der Waals surface area contributed by atoms with Crippen molar-refractivity contribution < 1.29 is 14.4 Å². The summed E-state index contributed by atoms with van der Waals surface area (Å²) >= 11 is 0. The zero-order valence-corrected chi connectivity index (χ0v) is 34.5. The highest BCUT2D eigenvalue weighted by molar-refractivity contribution is 6.97. The Morgan fingerprint density at radius 3 is 0.636 bits per heavy atom. The molecule has 0 unspecified atom stereocenters. The molecule has 0 aromatic heterocycles. The maximum atomic E-state index is 11.5. The molecular weight excluding hydrogens is 671 g/mol. The van der Waals surface area contributed by atoms with Crippen LogP contribution in [0.2, 0.25) is 0 Å². The van der Waals surface area contributed by atoms with Crippen LogP contribution in [0.5, 0.6) is 0 Å². The van der Waals surface area contributed by atoms with Crippen molar-refractivity contribution in [1.29, 1.82) is 0 Å². The van der Waals surface area contributed by atoms with Crippen molar-refractivity contribution >= 4 is 42.0 Å². The van der Waals surface area contributed by atoms with Gasteiger partial charge in [-0.2, -0.15) is 0 Å². The van der Waals surface area contributed by atoms with E-state index in [9.17, 15) is 14.4 Å². The first-order chi connectivity index (χ1) is 26.2. The second-order valence-corrected chi connectivity index (χ2v) is 15.5. The lowest BCUT2D eigenvalue weighted by atomic mass is 9.32. The fourth-order valence-electron chi connectivity index (χ4n) is 9.24. The van der Waals surface area contributed by atoms with Gasteiger partial charge in [-0.3, -0.25) is 14.4 Å². The van der Waals surface area contributed by atoms with Crippen LogP contribution in [0.4, 0.5) is 0 Å². The third-order valence-electron chi connectivity index (χ3n) is 12.9. The number of carbonyl (C=O) groups excluding carboxylic acids is 3. The molecule has 0 amide bonds. The normalized spacial score (nSPS) is 11.1. The molecule has 0 saturated carbocycles. The molecule has 6 rings (SSSR count). The molecule has 0 fully saturated rings. The van der Waals surface area contributed by atoms with E-state index in [0.29, 0.717) is 16.7 Å². The third kappa shape index (κ3) is 6.52. The highest BCUT2D eigenvalue weighted by Crippen LogP contribution is 2.36. The summed E-state index contributed by atoms with van der Waals surface area (Å²) in [5, 5.41) is 0. The Morgan fingerprint density at radius 1 is 0.291 bits per heavy atom. The molecule has 0 radical (unpaired) electrons. The number of hydrogen-bond acceptors (Lipinski definition) is 3. The summed E-state index contributed by atoms with van der Waals surface area (Å²) in [7, 11) is 0. The van der Waals surface area contributed by atoms with Gasteiger partial charge in [-0.15, -0.1) is 0 Å². The van der Waals surface area contributed by atoms with Gasteiger partial charge in [-0.25, -0.2) is 0 Å². The Morgan fingerprint density at radius 2 is 0.473 bits per heavy atom. The van der Waals surface area contributed by atoms with E-state index >= 15 is 0 Å². The molecule has 0 aliphatic heterocycles. The first-order valence-electron chi connectivity index (χ1n) is 19.2. The van der Waals surface area contributed by atoms with E-state index in [-0.39, 0.29) is 6.71 Å². The van der Waals surface area contributed by atoms with Crippen molar-refractivity contribution in [3.8, 4) is 33.4 Å². The lowest BCUT2D eigenvalue weighted by Gasteiger charge is -2.33. The molecule has 6 aromatic rings. The maximum Gasteiger partial charge on any atom is 0.243 e. The average Bonchev–Trinajstić information content (AvgIpc) is 3.19. The van der Waals surface area contributed by atoms with E-state index in [1.807, 2.05) is 36.4 Å². The molecule has 3 nitrogen and oxygen atoms in total. The van der Waals surface area contributed by atoms with Crippen LogP contribution < -0.4 is 16.4 Å². The molecule has 0 N–H and O–H groups in total. The van der Waals surface area contributed by atoms with Gasteiger partial charge in [0.25, 0.3) is 0 Å². The number of rotatable bonds is 9. The number of benzene rings is 6. The predicted octanol–water partition coefficient (Wildman–Crippen LogP) is 10.3. The van der Waals surface area contributed by atoms with Crippen LogP contribution in [0, 0.1) is 83.1 Å². The van der Waals surface area contributed by atoms with E-state index in [2.05, 4.69) is 119 Å². The van der Waals surface area contributed by atoms with E-state index in [0.717, 1.165) is 35.5 Å². The van der Waals surface area contributed by atoms with Crippen molar-refractivity contribution in [1.82, 2.24) is 0 Å². The van der Waals surface area contributed by atoms with Crippen molar-refractivity contribution in [2.24, 2.45) is 0 Å². The number of aldehydes is 3. The molecule has 0 aliphatic carbocycles. The summed E-state index contributed by atoms with van der Waals surface area (Å²) in [4.78, 5) is 34.6. The van der Waals surface area contributed by atoms with Crippen LogP contribution >= 0.6 is 0 Å². The SMILES string of the molecule is Cc1c(C)c(-c2ccc(C=O)cc2)c(C)c(C)c1B(c1c(C)c(C)c(-c2ccc(C=O)cc2)c(C)c1C)c1c(C)c(C)c(-c2ccc(C=O)cc2)c(C)c1C. The van der Waals surface area contributed by atoms with Gasteiger partial charge in [0.2, 0.25) is 6.71 Å². The van der Waals surface area contributed by atoms with Crippen molar-refractivity contribution in [3.63, 3.8) is 0 Å². The topological polar surface area (TPSA) is 51.2 Å². The van der Waals surface area contributed by atoms with Gasteiger partial charge in [-0.05, 0) is 150 Å². The van der Waals surface area contributed by atoms with Crippen LogP contribution in [-0.4, -0.2) is 25.6 Å². The first-order valence-corrected chi connectivity index (χ1v) is 19.2. The van der Waals surface area contributed by atoms with Crippen molar-refractivity contribution in [2.75, 3.05) is 0 Å². The van der Waals surface area contributed by atoms with Gasteiger partial charge in [-0.1, -0.05) is 123 Å². The summed E-state index contributed by atoms with van der Waals surface area (Å²) < 4.78 is 0. The molecule has 6 aromatic carbocycles. The van der Waals surface area contributed by atoms with E-state index < -0.39 is 0 Å². The van der Waals surface area contributed by atoms with Gasteiger partial charge in [0.15, 0.2) is 0 Å². The summed E-state index contributed by atoms with van der Waals surface area (Å²) in [6.45, 7) is 27.1. The number of carbonyl (C=O) groups is 3. The summed E-state index contributed by atoms with van der Waals surface area (Å²) in [5.74, 6) is 0. The second-order valence-electron chi connectivity index (χ2n) is 15.5. The molecule has 0 heterocycles. The van der Waals surface area contributed by atoms with Crippen molar-refractivity contribution in [3.05, 3.63) is 156 Å². The van der Waals surface area contributed by atoms with Crippen LogP contribution in [0.3, 0.4) is 0 Å². The molecule has 276 valence electrons. The first kappa shape index (κ1) is 39.1. The lowest BCUT2D eigenvalue weighted by molar-refractivity contribution is 0.111. The van der Waals surface area contributed by atoms with Gasteiger partial charge in [0.1, 0.15) is 18.9 Å². The molecule has 4 heteroatoms. The maximum absolute atomic E-state index is 11.5. The molecule has 0 bridgehead atoms. The Labute approximate surface area is 327 Å². The zero-order valence-electron chi connectivity index (χ0n) is 34.5. The summed E-state index contributed by atoms with van der Waals surface area (Å²) in [5.41, 5.74) is 28.1. The van der Waals surface area contributed by atoms with Crippen LogP contribution in [-0.2, 0) is 0 Å². The molecule has 55 heavy (non-hydrogen) atoms. The number of hydrogen-bond donors (Lipinski definition) is 0. The monoisotopic (exact) mass is 722 g/mol. The fraction of sp³-hybridized carbons (Fsp3) is 0.235. The minimum atomic E-state index is -0.0586. The Kier molecular flexibility index (Phi) is 10.9. The summed E-state index contributed by atoms with van der Waals surface area (Å²) in [6, 6.07) is 23.8. The minimum absolute atomic E-state index is 0.0586. The van der Waals surface area contributed by atoms with Crippen LogP contribution in [0.1, 0.15) is 97.8 Å². The Bertz CT molecular complexity index is 2150. The molecular formula is C51H51BO3. The zero-order chi connectivity index (χ0) is 40.0. The Hall–Kier alpha value is -5.61. The lowest BCUT2D eigenvalue weighted by Crippen LogP contribution is -2.58. The van der Waals surface area contributed by atoms with Gasteiger partial charge in [0.05, 0.1) is 0 Å². The Balaban J connectivity index is 1.72. The van der Waals surface area contributed by atoms with Crippen LogP contribution in [0.15, 0.2) is 72.8 Å². The second kappa shape index (κ2) is 15.3. The molecule has 0 atom stereocenters. The highest BCUT2D eigenvalue weighted by Gasteiger charge is 2.35. The third-order valence-corrected chi connectivity index (χ3v) is 12.9. The minimum Gasteiger partial charge on any atom is -0.298 e. The van der Waals surface area contributed by atoms with Crippen LogP contribution in [0.25, 0.3) is 33.4 Å². The fourth-order valence-corrected chi connectivity index (χ4v) is 9.24. The molecule has 0 aliphatic rings. The van der Waals surface area contributed by atoms with Gasteiger partial charge >= 0.3 is 0 Å². The largest absolute Gasteiger partial charge is 0.298 e. The highest BCUT2D eigenvalue weighted by atomic mass is 16.1. The van der Waals surface area contributed by atoms with Gasteiger partial charge in [0, 0.05) is 16.7 Å². The van der Waals surface area contributed by atoms with E-state index in [1.165, 1.54) is 99.8 Å². The predicted molar refractivity (Wildman–Crippen MR) is 233 cm³/mol. The van der Waals surface area contributed by atoms with E-state index in [1.54, 1.807) is 0 Å². The average molecular weight is 723 g/mol. The quantitative estimate of drug-likeness (QED) is 0.110. The molecule has 0 spiro atoms.